The lowest BCUT2D eigenvalue weighted by molar-refractivity contribution is -0.140. The van der Waals surface area contributed by atoms with Crippen molar-refractivity contribution in [3.05, 3.63) is 83.4 Å². The van der Waals surface area contributed by atoms with Crippen LogP contribution in [0, 0.1) is 12.8 Å². The van der Waals surface area contributed by atoms with Crippen LogP contribution in [0.2, 0.25) is 0 Å². The van der Waals surface area contributed by atoms with Crippen molar-refractivity contribution >= 4 is 22.6 Å². The van der Waals surface area contributed by atoms with E-state index >= 15 is 0 Å². The third-order valence-electron chi connectivity index (χ3n) is 5.81. The van der Waals surface area contributed by atoms with Gasteiger partial charge in [0.2, 0.25) is 11.8 Å². The minimum Gasteiger partial charge on any atom is -0.354 e. The van der Waals surface area contributed by atoms with Crippen LogP contribution < -0.4 is 5.32 Å². The topological polar surface area (TPSA) is 49.4 Å². The van der Waals surface area contributed by atoms with E-state index in [1.807, 2.05) is 56.3 Å². The number of fused-ring (bicyclic) bond motifs is 1. The first-order chi connectivity index (χ1) is 15.3. The molecule has 1 N–H and O–H groups in total. The van der Waals surface area contributed by atoms with Crippen molar-refractivity contribution in [2.75, 3.05) is 6.54 Å². The summed E-state index contributed by atoms with van der Waals surface area (Å²) in [4.78, 5) is 27.8. The first-order valence-corrected chi connectivity index (χ1v) is 11.4. The van der Waals surface area contributed by atoms with Crippen LogP contribution in [-0.2, 0) is 22.6 Å². The highest BCUT2D eigenvalue weighted by Gasteiger charge is 2.26. The molecule has 0 saturated carbocycles. The highest BCUT2D eigenvalue weighted by atomic mass is 16.2. The fraction of sp³-hybridized carbons (Fsp3) is 0.357. The van der Waals surface area contributed by atoms with E-state index in [1.165, 1.54) is 16.3 Å². The molecule has 0 aliphatic heterocycles. The van der Waals surface area contributed by atoms with E-state index in [0.29, 0.717) is 31.8 Å². The predicted octanol–water partition coefficient (Wildman–Crippen LogP) is 5.27. The highest BCUT2D eigenvalue weighted by molar-refractivity contribution is 5.88. The Kier molecular flexibility index (Phi) is 8.04. The van der Waals surface area contributed by atoms with Crippen LogP contribution in [0.25, 0.3) is 10.8 Å². The third-order valence-corrected chi connectivity index (χ3v) is 5.81. The summed E-state index contributed by atoms with van der Waals surface area (Å²) in [6.07, 6.45) is 1.01. The normalized spacial score (nSPS) is 12.0. The van der Waals surface area contributed by atoms with Crippen molar-refractivity contribution in [2.45, 2.75) is 53.1 Å². The maximum Gasteiger partial charge on any atom is 0.242 e. The van der Waals surface area contributed by atoms with E-state index in [2.05, 4.69) is 43.4 Å². The number of amides is 2. The summed E-state index contributed by atoms with van der Waals surface area (Å²) in [5.74, 6) is 0.244. The molecule has 32 heavy (non-hydrogen) atoms. The molecule has 3 rings (SSSR count). The smallest absolute Gasteiger partial charge is 0.242 e. The lowest BCUT2D eigenvalue weighted by atomic mass is 10.0. The molecule has 0 unspecified atom stereocenters. The molecular weight excluding hydrogens is 396 g/mol. The molecule has 3 aromatic carbocycles. The maximum absolute atomic E-state index is 13.4. The van der Waals surface area contributed by atoms with Gasteiger partial charge in [-0.1, -0.05) is 86.1 Å². The van der Waals surface area contributed by atoms with Crippen molar-refractivity contribution in [1.82, 2.24) is 10.2 Å². The Bertz CT molecular complexity index is 1050. The molecule has 2 amide bonds. The molecule has 0 aromatic heterocycles. The van der Waals surface area contributed by atoms with Crippen molar-refractivity contribution < 1.29 is 9.59 Å². The molecule has 0 saturated heterocycles. The van der Waals surface area contributed by atoms with E-state index in [9.17, 15) is 9.59 Å². The minimum atomic E-state index is -0.532. The number of nitrogens with zero attached hydrogens (tertiary/aromatic N) is 1. The van der Waals surface area contributed by atoms with E-state index in [-0.39, 0.29) is 11.8 Å². The molecule has 0 heterocycles. The Hall–Kier alpha value is -3.14. The summed E-state index contributed by atoms with van der Waals surface area (Å²) in [5.41, 5.74) is 3.35. The number of carbonyl (C=O) groups excluding carboxylic acids is 2. The van der Waals surface area contributed by atoms with Gasteiger partial charge in [-0.15, -0.1) is 0 Å². The SMILES string of the molecule is Cc1ccc(CN(C(=O)CCc2cccc3ccccc23)[C@H](C)C(=O)NCC(C)C)cc1. The summed E-state index contributed by atoms with van der Waals surface area (Å²) in [6, 6.07) is 22.0. The lowest BCUT2D eigenvalue weighted by Crippen LogP contribution is -2.48. The summed E-state index contributed by atoms with van der Waals surface area (Å²) < 4.78 is 0. The summed E-state index contributed by atoms with van der Waals surface area (Å²) in [7, 11) is 0. The Morgan fingerprint density at radius 1 is 0.906 bits per heavy atom. The van der Waals surface area contributed by atoms with E-state index in [1.54, 1.807) is 4.90 Å². The van der Waals surface area contributed by atoms with Gasteiger partial charge in [-0.05, 0) is 48.1 Å². The van der Waals surface area contributed by atoms with Gasteiger partial charge in [-0.25, -0.2) is 0 Å². The molecule has 168 valence electrons. The van der Waals surface area contributed by atoms with Crippen LogP contribution in [0.3, 0.4) is 0 Å². The molecule has 0 spiro atoms. The van der Waals surface area contributed by atoms with Gasteiger partial charge in [0.25, 0.3) is 0 Å². The Morgan fingerprint density at radius 2 is 1.59 bits per heavy atom. The quantitative estimate of drug-likeness (QED) is 0.503. The zero-order chi connectivity index (χ0) is 23.1. The molecule has 1 atom stereocenters. The minimum absolute atomic E-state index is 0.00861. The van der Waals surface area contributed by atoms with Gasteiger partial charge < -0.3 is 10.2 Å². The van der Waals surface area contributed by atoms with Gasteiger partial charge in [0.1, 0.15) is 6.04 Å². The zero-order valence-corrected chi connectivity index (χ0v) is 19.6. The van der Waals surface area contributed by atoms with Gasteiger partial charge in [0.15, 0.2) is 0 Å². The first kappa shape index (κ1) is 23.5. The van der Waals surface area contributed by atoms with Gasteiger partial charge in [0.05, 0.1) is 0 Å². The molecule has 0 aliphatic carbocycles. The fourth-order valence-corrected chi connectivity index (χ4v) is 3.82. The molecule has 4 nitrogen and oxygen atoms in total. The predicted molar refractivity (Wildman–Crippen MR) is 131 cm³/mol. The molecule has 0 aliphatic rings. The van der Waals surface area contributed by atoms with Crippen molar-refractivity contribution in [2.24, 2.45) is 5.92 Å². The fourth-order valence-electron chi connectivity index (χ4n) is 3.82. The van der Waals surface area contributed by atoms with Gasteiger partial charge in [-0.3, -0.25) is 9.59 Å². The van der Waals surface area contributed by atoms with Crippen molar-refractivity contribution in [3.63, 3.8) is 0 Å². The first-order valence-electron chi connectivity index (χ1n) is 11.4. The molecule has 0 fully saturated rings. The number of rotatable bonds is 9. The largest absolute Gasteiger partial charge is 0.354 e. The zero-order valence-electron chi connectivity index (χ0n) is 19.6. The van der Waals surface area contributed by atoms with E-state index < -0.39 is 6.04 Å². The highest BCUT2D eigenvalue weighted by Crippen LogP contribution is 2.21. The number of nitrogens with one attached hydrogen (secondary N) is 1. The average Bonchev–Trinajstić information content (AvgIpc) is 2.80. The van der Waals surface area contributed by atoms with E-state index in [0.717, 1.165) is 11.1 Å². The van der Waals surface area contributed by atoms with Gasteiger partial charge >= 0.3 is 0 Å². The van der Waals surface area contributed by atoms with Crippen molar-refractivity contribution in [1.29, 1.82) is 0 Å². The number of carbonyl (C=O) groups is 2. The molecular formula is C28H34N2O2. The van der Waals surface area contributed by atoms with Gasteiger partial charge in [-0.2, -0.15) is 0 Å². The van der Waals surface area contributed by atoms with Crippen molar-refractivity contribution in [3.8, 4) is 0 Å². The molecule has 4 heteroatoms. The molecule has 0 radical (unpaired) electrons. The molecule has 3 aromatic rings. The second-order valence-electron chi connectivity index (χ2n) is 8.96. The van der Waals surface area contributed by atoms with Crippen LogP contribution in [0.1, 0.15) is 43.9 Å². The number of aryl methyl sites for hydroxylation is 2. The van der Waals surface area contributed by atoms with E-state index in [4.69, 9.17) is 0 Å². The standard InChI is InChI=1S/C28H34N2O2/c1-20(2)18-29-28(32)22(4)30(19-23-14-12-21(3)13-15-23)27(31)17-16-25-10-7-9-24-8-5-6-11-26(24)25/h5-15,20,22H,16-19H2,1-4H3,(H,29,32)/t22-/m1/s1. The molecule has 0 bridgehead atoms. The second kappa shape index (κ2) is 10.9. The summed E-state index contributed by atoms with van der Waals surface area (Å²) >= 11 is 0. The maximum atomic E-state index is 13.4. The van der Waals surface area contributed by atoms with Gasteiger partial charge in [0, 0.05) is 19.5 Å². The van der Waals surface area contributed by atoms with Crippen LogP contribution in [0.5, 0.6) is 0 Å². The summed E-state index contributed by atoms with van der Waals surface area (Å²) in [6.45, 7) is 9.00. The monoisotopic (exact) mass is 430 g/mol. The average molecular weight is 431 g/mol. The Balaban J connectivity index is 1.76. The number of hydrogen-bond acceptors (Lipinski definition) is 2. The van der Waals surface area contributed by atoms with Crippen LogP contribution in [0.15, 0.2) is 66.7 Å². The van der Waals surface area contributed by atoms with Crippen LogP contribution in [0.4, 0.5) is 0 Å². The third kappa shape index (κ3) is 6.19. The Labute approximate surface area is 191 Å². The lowest BCUT2D eigenvalue weighted by Gasteiger charge is -2.29. The van der Waals surface area contributed by atoms with Crippen LogP contribution in [-0.4, -0.2) is 29.3 Å². The second-order valence-corrected chi connectivity index (χ2v) is 8.96. The van der Waals surface area contributed by atoms with Crippen LogP contribution >= 0.6 is 0 Å². The number of hydrogen-bond donors (Lipinski definition) is 1. The Morgan fingerprint density at radius 3 is 2.31 bits per heavy atom. The summed E-state index contributed by atoms with van der Waals surface area (Å²) in [5, 5.41) is 5.33. The number of benzene rings is 3.